The Kier molecular flexibility index (Phi) is 7.63. The molecule has 0 heterocycles. The van der Waals surface area contributed by atoms with E-state index in [0.29, 0.717) is 6.42 Å². The van der Waals surface area contributed by atoms with Crippen LogP contribution < -0.4 is 11.5 Å². The van der Waals surface area contributed by atoms with Crippen molar-refractivity contribution >= 4 is 5.97 Å². The maximum Gasteiger partial charge on any atom is 0.320 e. The number of unbranched alkanes of at least 4 members (excludes halogenated alkanes) is 4. The zero-order valence-electron chi connectivity index (χ0n) is 8.04. The van der Waals surface area contributed by atoms with E-state index in [1.807, 2.05) is 0 Å². The van der Waals surface area contributed by atoms with Crippen molar-refractivity contribution in [3.05, 3.63) is 0 Å². The normalized spacial score (nSPS) is 12.8. The summed E-state index contributed by atoms with van der Waals surface area (Å²) >= 11 is 0. The lowest BCUT2D eigenvalue weighted by atomic mass is 10.1. The van der Waals surface area contributed by atoms with E-state index >= 15 is 0 Å². The SMILES string of the molecule is NCCCCCCC[C@H](N)C(=O)O. The minimum Gasteiger partial charge on any atom is -0.480 e. The van der Waals surface area contributed by atoms with Crippen molar-refractivity contribution < 1.29 is 9.90 Å². The second kappa shape index (κ2) is 8.01. The molecule has 0 aromatic heterocycles. The highest BCUT2D eigenvalue weighted by molar-refractivity contribution is 5.72. The third-order valence-electron chi connectivity index (χ3n) is 2.04. The van der Waals surface area contributed by atoms with Crippen LogP contribution in [0.1, 0.15) is 38.5 Å². The van der Waals surface area contributed by atoms with Crippen LogP contribution in [-0.2, 0) is 4.79 Å². The van der Waals surface area contributed by atoms with Crippen molar-refractivity contribution in [1.29, 1.82) is 0 Å². The van der Waals surface area contributed by atoms with Crippen LogP contribution in [0.5, 0.6) is 0 Å². The van der Waals surface area contributed by atoms with E-state index in [2.05, 4.69) is 0 Å². The van der Waals surface area contributed by atoms with E-state index in [4.69, 9.17) is 16.6 Å². The van der Waals surface area contributed by atoms with E-state index in [9.17, 15) is 4.79 Å². The predicted molar refractivity (Wildman–Crippen MR) is 52.4 cm³/mol. The molecule has 0 aliphatic heterocycles. The molecule has 0 aromatic carbocycles. The number of hydrogen-bond acceptors (Lipinski definition) is 3. The molecule has 4 heteroatoms. The van der Waals surface area contributed by atoms with Crippen LogP contribution in [0.15, 0.2) is 0 Å². The van der Waals surface area contributed by atoms with Gasteiger partial charge in [0.25, 0.3) is 0 Å². The Morgan fingerprint density at radius 3 is 2.23 bits per heavy atom. The molecule has 0 fully saturated rings. The molecule has 0 saturated carbocycles. The molecule has 0 aliphatic rings. The van der Waals surface area contributed by atoms with Gasteiger partial charge in [0.2, 0.25) is 0 Å². The molecule has 4 nitrogen and oxygen atoms in total. The molecule has 78 valence electrons. The molecule has 0 radical (unpaired) electrons. The second-order valence-electron chi connectivity index (χ2n) is 3.29. The predicted octanol–water partition coefficient (Wildman–Crippen LogP) is 0.698. The molecule has 0 bridgehead atoms. The summed E-state index contributed by atoms with van der Waals surface area (Å²) in [5.74, 6) is -0.901. The number of carboxylic acid groups (broad SMARTS) is 1. The van der Waals surface area contributed by atoms with Crippen LogP contribution in [0.3, 0.4) is 0 Å². The van der Waals surface area contributed by atoms with Gasteiger partial charge in [0.1, 0.15) is 6.04 Å². The van der Waals surface area contributed by atoms with Gasteiger partial charge in [-0.2, -0.15) is 0 Å². The van der Waals surface area contributed by atoms with Gasteiger partial charge in [-0.3, -0.25) is 4.79 Å². The lowest BCUT2D eigenvalue weighted by Gasteiger charge is -2.05. The van der Waals surface area contributed by atoms with Gasteiger partial charge in [0.05, 0.1) is 0 Å². The lowest BCUT2D eigenvalue weighted by Crippen LogP contribution is -2.29. The van der Waals surface area contributed by atoms with Crippen molar-refractivity contribution in [3.63, 3.8) is 0 Å². The highest BCUT2D eigenvalue weighted by Crippen LogP contribution is 2.06. The fraction of sp³-hybridized carbons (Fsp3) is 0.889. The van der Waals surface area contributed by atoms with E-state index in [0.717, 1.165) is 38.6 Å². The topological polar surface area (TPSA) is 89.3 Å². The first-order valence-electron chi connectivity index (χ1n) is 4.87. The van der Waals surface area contributed by atoms with Crippen molar-refractivity contribution in [1.82, 2.24) is 0 Å². The quantitative estimate of drug-likeness (QED) is 0.489. The average molecular weight is 188 g/mol. The Labute approximate surface area is 79.3 Å². The van der Waals surface area contributed by atoms with Gasteiger partial charge in [-0.1, -0.05) is 25.7 Å². The van der Waals surface area contributed by atoms with E-state index < -0.39 is 12.0 Å². The van der Waals surface area contributed by atoms with Crippen LogP contribution in [0, 0.1) is 0 Å². The summed E-state index contributed by atoms with van der Waals surface area (Å²) in [5.41, 5.74) is 10.7. The number of carboxylic acids is 1. The zero-order valence-corrected chi connectivity index (χ0v) is 8.04. The number of aliphatic carboxylic acids is 1. The summed E-state index contributed by atoms with van der Waals surface area (Å²) in [6, 6.07) is -0.686. The molecule has 0 aliphatic carbocycles. The minimum absolute atomic E-state index is 0.581. The number of carbonyl (C=O) groups is 1. The van der Waals surface area contributed by atoms with Crippen molar-refractivity contribution in [3.8, 4) is 0 Å². The van der Waals surface area contributed by atoms with Gasteiger partial charge in [-0.25, -0.2) is 0 Å². The van der Waals surface area contributed by atoms with E-state index in [1.165, 1.54) is 0 Å². The summed E-state index contributed by atoms with van der Waals surface area (Å²) < 4.78 is 0. The third kappa shape index (κ3) is 7.74. The standard InChI is InChI=1S/C9H20N2O2/c10-7-5-3-1-2-4-6-8(11)9(12)13/h8H,1-7,10-11H2,(H,12,13)/t8-/m0/s1. The van der Waals surface area contributed by atoms with Crippen LogP contribution in [-0.4, -0.2) is 23.7 Å². The molecular formula is C9H20N2O2. The first-order chi connectivity index (χ1) is 6.18. The Morgan fingerprint density at radius 2 is 1.69 bits per heavy atom. The smallest absolute Gasteiger partial charge is 0.320 e. The van der Waals surface area contributed by atoms with Crippen molar-refractivity contribution in [2.24, 2.45) is 11.5 Å². The average Bonchev–Trinajstić information content (AvgIpc) is 2.10. The fourth-order valence-electron chi connectivity index (χ4n) is 1.16. The van der Waals surface area contributed by atoms with Gasteiger partial charge in [0, 0.05) is 0 Å². The maximum absolute atomic E-state index is 10.3. The van der Waals surface area contributed by atoms with Gasteiger partial charge in [0.15, 0.2) is 0 Å². The summed E-state index contributed by atoms with van der Waals surface area (Å²) in [6.45, 7) is 0.745. The summed E-state index contributed by atoms with van der Waals surface area (Å²) in [6.07, 6.45) is 5.87. The van der Waals surface area contributed by atoms with Gasteiger partial charge >= 0.3 is 5.97 Å². The number of nitrogens with two attached hydrogens (primary N) is 2. The first-order valence-corrected chi connectivity index (χ1v) is 4.87. The first kappa shape index (κ1) is 12.4. The number of rotatable bonds is 8. The Morgan fingerprint density at radius 1 is 1.15 bits per heavy atom. The van der Waals surface area contributed by atoms with Gasteiger partial charge in [-0.05, 0) is 19.4 Å². The van der Waals surface area contributed by atoms with Gasteiger partial charge in [-0.15, -0.1) is 0 Å². The van der Waals surface area contributed by atoms with Crippen molar-refractivity contribution in [2.75, 3.05) is 6.54 Å². The summed E-state index contributed by atoms with van der Waals surface area (Å²) in [4.78, 5) is 10.3. The van der Waals surface area contributed by atoms with Gasteiger partial charge < -0.3 is 16.6 Å². The molecule has 0 rings (SSSR count). The summed E-state index contributed by atoms with van der Waals surface area (Å²) in [5, 5.41) is 8.48. The van der Waals surface area contributed by atoms with E-state index in [-0.39, 0.29) is 0 Å². The fourth-order valence-corrected chi connectivity index (χ4v) is 1.16. The minimum atomic E-state index is -0.901. The number of hydrogen-bond donors (Lipinski definition) is 3. The second-order valence-corrected chi connectivity index (χ2v) is 3.29. The Hall–Kier alpha value is -0.610. The molecule has 0 amide bonds. The van der Waals surface area contributed by atoms with Crippen LogP contribution in [0.2, 0.25) is 0 Å². The highest BCUT2D eigenvalue weighted by atomic mass is 16.4. The molecular weight excluding hydrogens is 168 g/mol. The monoisotopic (exact) mass is 188 g/mol. The molecule has 1 atom stereocenters. The van der Waals surface area contributed by atoms with Crippen LogP contribution in [0.25, 0.3) is 0 Å². The third-order valence-corrected chi connectivity index (χ3v) is 2.04. The summed E-state index contributed by atoms with van der Waals surface area (Å²) in [7, 11) is 0. The zero-order chi connectivity index (χ0) is 10.1. The van der Waals surface area contributed by atoms with E-state index in [1.54, 1.807) is 0 Å². The highest BCUT2D eigenvalue weighted by Gasteiger charge is 2.09. The molecule has 0 unspecified atom stereocenters. The Bertz CT molecular complexity index is 140. The maximum atomic E-state index is 10.3. The van der Waals surface area contributed by atoms with Crippen LogP contribution in [0.4, 0.5) is 0 Å². The Balaban J connectivity index is 3.11. The largest absolute Gasteiger partial charge is 0.480 e. The molecule has 13 heavy (non-hydrogen) atoms. The molecule has 0 saturated heterocycles. The molecule has 5 N–H and O–H groups in total. The van der Waals surface area contributed by atoms with Crippen LogP contribution >= 0.6 is 0 Å². The lowest BCUT2D eigenvalue weighted by molar-refractivity contribution is -0.138. The van der Waals surface area contributed by atoms with Crippen molar-refractivity contribution in [2.45, 2.75) is 44.6 Å². The molecule has 0 spiro atoms. The molecule has 0 aromatic rings.